The Bertz CT molecular complexity index is 1500. The zero-order valence-electron chi connectivity index (χ0n) is 16.3. The molecule has 0 amide bonds. The number of aryl methyl sites for hydroxylation is 1. The van der Waals surface area contributed by atoms with Gasteiger partial charge in [-0.2, -0.15) is 18.2 Å². The van der Waals surface area contributed by atoms with E-state index in [1.807, 2.05) is 0 Å². The average Bonchev–Trinajstić information content (AvgIpc) is 3.33. The quantitative estimate of drug-likeness (QED) is 0.194. The fourth-order valence-electron chi connectivity index (χ4n) is 2.77. The number of azo groups is 1. The lowest BCUT2D eigenvalue weighted by atomic mass is 10.1. The number of phenolic OH excluding ortho intramolecular Hbond substituents is 2. The minimum Gasteiger partial charge on any atom is -0.504 e. The number of thiazole rings is 1. The standard InChI is InChI=1S/C19H15N5O6S2/c1-10-17(22-21-12-3-5-13(6-4-12)32(28,29)30)18(27)24(23-10)19-20-14(9-31-19)11-2-7-15(25)16(26)8-11/h2-9,23,25-26H,1H3,(H,28,29,30). The lowest BCUT2D eigenvalue weighted by Gasteiger charge is -2.00. The number of nitrogens with one attached hydrogen (secondary N) is 1. The van der Waals surface area contributed by atoms with Gasteiger partial charge in [0.25, 0.3) is 10.1 Å². The zero-order chi connectivity index (χ0) is 23.0. The van der Waals surface area contributed by atoms with Crippen LogP contribution in [0, 0.1) is 6.92 Å². The molecule has 4 rings (SSSR count). The molecule has 0 spiro atoms. The van der Waals surface area contributed by atoms with Crippen LogP contribution in [0.25, 0.3) is 16.4 Å². The van der Waals surface area contributed by atoms with Gasteiger partial charge in [-0.05, 0) is 49.4 Å². The van der Waals surface area contributed by atoms with Gasteiger partial charge in [-0.3, -0.25) is 14.4 Å². The number of hydrogen-bond donors (Lipinski definition) is 4. The Morgan fingerprint density at radius 2 is 1.78 bits per heavy atom. The summed E-state index contributed by atoms with van der Waals surface area (Å²) in [6.07, 6.45) is 0. The molecule has 0 bridgehead atoms. The van der Waals surface area contributed by atoms with Gasteiger partial charge in [-0.1, -0.05) is 0 Å². The summed E-state index contributed by atoms with van der Waals surface area (Å²) in [5, 5.41) is 31.9. The SMILES string of the molecule is Cc1[nH]n(-c2nc(-c3ccc(O)c(O)c3)cs2)c(=O)c1N=Nc1ccc(S(=O)(=O)O)cc1. The molecule has 0 saturated heterocycles. The van der Waals surface area contributed by atoms with Crippen LogP contribution in [0.15, 0.2) is 67.8 Å². The van der Waals surface area contributed by atoms with E-state index >= 15 is 0 Å². The van der Waals surface area contributed by atoms with Gasteiger partial charge in [0.15, 0.2) is 17.2 Å². The molecule has 164 valence electrons. The Balaban J connectivity index is 1.62. The van der Waals surface area contributed by atoms with Crippen LogP contribution in [0.1, 0.15) is 5.69 Å². The molecule has 2 aromatic heterocycles. The van der Waals surface area contributed by atoms with Crippen molar-refractivity contribution >= 4 is 32.8 Å². The highest BCUT2D eigenvalue weighted by Crippen LogP contribution is 2.31. The molecule has 0 fully saturated rings. The van der Waals surface area contributed by atoms with Gasteiger partial charge < -0.3 is 10.2 Å². The van der Waals surface area contributed by atoms with Crippen LogP contribution in [0.2, 0.25) is 0 Å². The predicted molar refractivity (Wildman–Crippen MR) is 116 cm³/mol. The van der Waals surface area contributed by atoms with Gasteiger partial charge in [-0.25, -0.2) is 4.98 Å². The minimum absolute atomic E-state index is 0.0443. The van der Waals surface area contributed by atoms with Gasteiger partial charge in [-0.15, -0.1) is 16.5 Å². The third kappa shape index (κ3) is 4.16. The number of benzene rings is 2. The van der Waals surface area contributed by atoms with Crippen molar-refractivity contribution < 1.29 is 23.2 Å². The van der Waals surface area contributed by atoms with Gasteiger partial charge in [0.2, 0.25) is 5.13 Å². The monoisotopic (exact) mass is 473 g/mol. The average molecular weight is 473 g/mol. The molecular weight excluding hydrogens is 458 g/mol. The Hall–Kier alpha value is -3.81. The van der Waals surface area contributed by atoms with Crippen LogP contribution in [0.4, 0.5) is 11.4 Å². The first-order chi connectivity index (χ1) is 15.1. The first kappa shape index (κ1) is 21.4. The van der Waals surface area contributed by atoms with Gasteiger partial charge >= 0.3 is 5.56 Å². The molecule has 0 aliphatic rings. The van der Waals surface area contributed by atoms with E-state index in [0.717, 1.165) is 0 Å². The Kier molecular flexibility index (Phi) is 5.38. The summed E-state index contributed by atoms with van der Waals surface area (Å²) in [6.45, 7) is 1.64. The predicted octanol–water partition coefficient (Wildman–Crippen LogP) is 3.67. The molecular formula is C19H15N5O6S2. The second-order valence-electron chi connectivity index (χ2n) is 6.61. The number of nitrogens with zero attached hydrogens (tertiary/aromatic N) is 4. The van der Waals surface area contributed by atoms with E-state index in [2.05, 4.69) is 20.3 Å². The third-order valence-electron chi connectivity index (χ3n) is 4.39. The number of rotatable bonds is 5. The van der Waals surface area contributed by atoms with Gasteiger partial charge in [0.05, 0.1) is 22.0 Å². The summed E-state index contributed by atoms with van der Waals surface area (Å²) < 4.78 is 32.4. The first-order valence-electron chi connectivity index (χ1n) is 8.92. The van der Waals surface area contributed by atoms with E-state index in [1.54, 1.807) is 18.4 Å². The first-order valence-corrected chi connectivity index (χ1v) is 11.2. The van der Waals surface area contributed by atoms with Gasteiger partial charge in [0.1, 0.15) is 0 Å². The van der Waals surface area contributed by atoms with E-state index in [9.17, 15) is 23.4 Å². The van der Waals surface area contributed by atoms with Crippen molar-refractivity contribution in [1.82, 2.24) is 14.8 Å². The fraction of sp³-hybridized carbons (Fsp3) is 0.0526. The fourth-order valence-corrected chi connectivity index (χ4v) is 4.04. The normalized spacial score (nSPS) is 11.9. The summed E-state index contributed by atoms with van der Waals surface area (Å²) in [7, 11) is -4.31. The lowest BCUT2D eigenvalue weighted by molar-refractivity contribution is 0.404. The largest absolute Gasteiger partial charge is 0.504 e. The van der Waals surface area contributed by atoms with Crippen LogP contribution in [0.3, 0.4) is 0 Å². The summed E-state index contributed by atoms with van der Waals surface area (Å²) in [6, 6.07) is 9.32. The van der Waals surface area contributed by atoms with Crippen LogP contribution < -0.4 is 5.56 Å². The highest BCUT2D eigenvalue weighted by Gasteiger charge is 2.16. The van der Waals surface area contributed by atoms with E-state index in [0.29, 0.717) is 22.1 Å². The molecule has 11 nitrogen and oxygen atoms in total. The number of aromatic hydroxyl groups is 2. The van der Waals surface area contributed by atoms with Crippen molar-refractivity contribution in [2.24, 2.45) is 10.2 Å². The molecule has 0 radical (unpaired) electrons. The minimum atomic E-state index is -4.31. The van der Waals surface area contributed by atoms with Crippen molar-refractivity contribution in [3.63, 3.8) is 0 Å². The van der Waals surface area contributed by atoms with Gasteiger partial charge in [0, 0.05) is 10.9 Å². The van der Waals surface area contributed by atoms with Crippen molar-refractivity contribution in [2.75, 3.05) is 0 Å². The summed E-state index contributed by atoms with van der Waals surface area (Å²) in [4.78, 5) is 16.9. The third-order valence-corrected chi connectivity index (χ3v) is 6.09. The maximum atomic E-state index is 12.8. The molecule has 0 unspecified atom stereocenters. The second-order valence-corrected chi connectivity index (χ2v) is 8.87. The van der Waals surface area contributed by atoms with Crippen molar-refractivity contribution in [3.05, 3.63) is 63.9 Å². The molecule has 0 aliphatic heterocycles. The van der Waals surface area contributed by atoms with Crippen molar-refractivity contribution in [3.8, 4) is 27.9 Å². The molecule has 0 atom stereocenters. The topological polar surface area (TPSA) is 170 Å². The molecule has 13 heteroatoms. The summed E-state index contributed by atoms with van der Waals surface area (Å²) >= 11 is 1.19. The second kappa shape index (κ2) is 8.03. The molecule has 32 heavy (non-hydrogen) atoms. The molecule has 4 aromatic rings. The molecule has 0 saturated carbocycles. The maximum absolute atomic E-state index is 12.8. The number of aromatic amines is 1. The maximum Gasteiger partial charge on any atom is 0.301 e. The van der Waals surface area contributed by atoms with E-state index in [1.165, 1.54) is 52.4 Å². The zero-order valence-corrected chi connectivity index (χ0v) is 17.9. The van der Waals surface area contributed by atoms with Crippen molar-refractivity contribution in [1.29, 1.82) is 0 Å². The number of H-pyrrole nitrogens is 1. The van der Waals surface area contributed by atoms with E-state index in [4.69, 9.17) is 4.55 Å². The highest BCUT2D eigenvalue weighted by atomic mass is 32.2. The summed E-state index contributed by atoms with van der Waals surface area (Å²) in [5.41, 5.74) is 1.34. The molecule has 0 aliphatic carbocycles. The Morgan fingerprint density at radius 3 is 2.44 bits per heavy atom. The number of phenols is 2. The number of hydrogen-bond acceptors (Lipinski definition) is 9. The van der Waals surface area contributed by atoms with Crippen LogP contribution >= 0.6 is 11.3 Å². The Morgan fingerprint density at radius 1 is 1.06 bits per heavy atom. The number of aromatic nitrogens is 3. The molecule has 4 N–H and O–H groups in total. The van der Waals surface area contributed by atoms with E-state index in [-0.39, 0.29) is 27.8 Å². The molecule has 2 aromatic carbocycles. The van der Waals surface area contributed by atoms with Crippen LogP contribution in [-0.4, -0.2) is 37.9 Å². The van der Waals surface area contributed by atoms with E-state index < -0.39 is 15.7 Å². The smallest absolute Gasteiger partial charge is 0.301 e. The van der Waals surface area contributed by atoms with Crippen LogP contribution in [0.5, 0.6) is 11.5 Å². The van der Waals surface area contributed by atoms with Crippen LogP contribution in [-0.2, 0) is 10.1 Å². The molecule has 2 heterocycles. The Labute approximate surface area is 184 Å². The summed E-state index contributed by atoms with van der Waals surface area (Å²) in [5.74, 6) is -0.528. The van der Waals surface area contributed by atoms with Crippen molar-refractivity contribution in [2.45, 2.75) is 11.8 Å². The highest BCUT2D eigenvalue weighted by molar-refractivity contribution is 7.85. The lowest BCUT2D eigenvalue weighted by Crippen LogP contribution is -2.13.